The van der Waals surface area contributed by atoms with Crippen molar-refractivity contribution in [2.45, 2.75) is 32.5 Å². The number of ketones is 2. The fourth-order valence-corrected chi connectivity index (χ4v) is 4.00. The summed E-state index contributed by atoms with van der Waals surface area (Å²) in [7, 11) is 0. The van der Waals surface area contributed by atoms with Crippen molar-refractivity contribution in [1.29, 1.82) is 0 Å². The van der Waals surface area contributed by atoms with Crippen LogP contribution in [0.3, 0.4) is 0 Å². The number of phenols is 1. The van der Waals surface area contributed by atoms with E-state index >= 15 is 0 Å². The van der Waals surface area contributed by atoms with Gasteiger partial charge in [-0.1, -0.05) is 36.4 Å². The Morgan fingerprint density at radius 1 is 0.829 bits per heavy atom. The summed E-state index contributed by atoms with van der Waals surface area (Å²) in [6, 6.07) is 17.4. The Morgan fingerprint density at radius 3 is 2.14 bits per heavy atom. The molecule has 3 aromatic carbocycles. The summed E-state index contributed by atoms with van der Waals surface area (Å²) in [6.07, 6.45) is 0.442. The van der Waals surface area contributed by atoms with Crippen LogP contribution in [-0.2, 0) is 15.9 Å². The van der Waals surface area contributed by atoms with Gasteiger partial charge in [0.15, 0.2) is 11.6 Å². The van der Waals surface area contributed by atoms with Crippen molar-refractivity contribution >= 4 is 22.9 Å². The minimum absolute atomic E-state index is 0.0161. The third kappa shape index (κ3) is 5.43. The molecule has 0 spiro atoms. The standard InChI is InChI=1S/C28H29NO6/c1-17(15-30)35-16-18(2)34-14-13-19-7-9-20(10-8-19)29-23-11-12-24(31)26-25(23)27(32)21-5-3-4-6-22(21)28(26)33/h3-12,17-18,29-31H,13-16H2,1-2H3. The van der Waals surface area contributed by atoms with E-state index in [1.807, 2.05) is 38.1 Å². The number of ether oxygens (including phenoxy) is 2. The highest BCUT2D eigenvalue weighted by atomic mass is 16.5. The Balaban J connectivity index is 1.43. The zero-order valence-corrected chi connectivity index (χ0v) is 19.8. The van der Waals surface area contributed by atoms with E-state index in [4.69, 9.17) is 14.6 Å². The van der Waals surface area contributed by atoms with E-state index in [0.717, 1.165) is 17.7 Å². The average molecular weight is 476 g/mol. The van der Waals surface area contributed by atoms with E-state index in [1.165, 1.54) is 6.07 Å². The normalized spacial score (nSPS) is 14.3. The zero-order valence-electron chi connectivity index (χ0n) is 19.8. The molecule has 2 unspecified atom stereocenters. The highest BCUT2D eigenvalue weighted by molar-refractivity contribution is 6.31. The van der Waals surface area contributed by atoms with Crippen LogP contribution >= 0.6 is 0 Å². The number of benzene rings is 3. The van der Waals surface area contributed by atoms with Crippen molar-refractivity contribution in [3.63, 3.8) is 0 Å². The number of nitrogens with one attached hydrogen (secondary N) is 1. The summed E-state index contributed by atoms with van der Waals surface area (Å²) in [5, 5.41) is 22.6. The molecule has 0 aliphatic heterocycles. The first-order valence-corrected chi connectivity index (χ1v) is 11.6. The number of aliphatic hydroxyl groups excluding tert-OH is 1. The second-order valence-electron chi connectivity index (χ2n) is 8.67. The second kappa shape index (κ2) is 10.8. The van der Waals surface area contributed by atoms with Gasteiger partial charge in [0.2, 0.25) is 0 Å². The molecular formula is C28H29NO6. The lowest BCUT2D eigenvalue weighted by Gasteiger charge is -2.21. The maximum absolute atomic E-state index is 13.2. The van der Waals surface area contributed by atoms with Crippen LogP contribution in [0.2, 0.25) is 0 Å². The minimum atomic E-state index is -0.364. The summed E-state index contributed by atoms with van der Waals surface area (Å²) in [5.74, 6) is -0.870. The zero-order chi connectivity index (χ0) is 24.9. The molecule has 0 aromatic heterocycles. The fraction of sp³-hybridized carbons (Fsp3) is 0.286. The molecule has 0 radical (unpaired) electrons. The fourth-order valence-electron chi connectivity index (χ4n) is 4.00. The third-order valence-electron chi connectivity index (χ3n) is 5.95. The Kier molecular flexibility index (Phi) is 7.60. The maximum atomic E-state index is 13.2. The third-order valence-corrected chi connectivity index (χ3v) is 5.95. The molecular weight excluding hydrogens is 446 g/mol. The first-order valence-electron chi connectivity index (χ1n) is 11.6. The lowest BCUT2D eigenvalue weighted by molar-refractivity contribution is -0.0446. The number of phenolic OH excluding ortho intramolecular Hbond substituents is 1. The molecule has 0 saturated heterocycles. The molecule has 3 aromatic rings. The number of aliphatic hydroxyl groups is 1. The molecule has 0 heterocycles. The van der Waals surface area contributed by atoms with Crippen LogP contribution in [0.5, 0.6) is 5.75 Å². The van der Waals surface area contributed by atoms with Crippen LogP contribution < -0.4 is 5.32 Å². The topological polar surface area (TPSA) is 105 Å². The first kappa shape index (κ1) is 24.6. The molecule has 7 nitrogen and oxygen atoms in total. The van der Waals surface area contributed by atoms with Gasteiger partial charge >= 0.3 is 0 Å². The molecule has 35 heavy (non-hydrogen) atoms. The van der Waals surface area contributed by atoms with Crippen LogP contribution in [0, 0.1) is 0 Å². The van der Waals surface area contributed by atoms with Gasteiger partial charge in [-0.25, -0.2) is 0 Å². The minimum Gasteiger partial charge on any atom is -0.507 e. The Hall–Kier alpha value is -3.52. The smallest absolute Gasteiger partial charge is 0.198 e. The van der Waals surface area contributed by atoms with Gasteiger partial charge in [-0.15, -0.1) is 0 Å². The molecule has 0 amide bonds. The number of carbonyl (C=O) groups excluding carboxylic acids is 2. The quantitative estimate of drug-likeness (QED) is 0.294. The number of anilines is 2. The van der Waals surface area contributed by atoms with Crippen molar-refractivity contribution in [3.8, 4) is 5.75 Å². The average Bonchev–Trinajstić information content (AvgIpc) is 2.87. The van der Waals surface area contributed by atoms with Crippen molar-refractivity contribution in [2.75, 3.05) is 25.1 Å². The predicted molar refractivity (Wildman–Crippen MR) is 133 cm³/mol. The highest BCUT2D eigenvalue weighted by Gasteiger charge is 2.33. The van der Waals surface area contributed by atoms with Gasteiger partial charge in [-0.3, -0.25) is 9.59 Å². The predicted octanol–water partition coefficient (Wildman–Crippen LogP) is 4.26. The van der Waals surface area contributed by atoms with Gasteiger partial charge in [0.05, 0.1) is 48.8 Å². The SMILES string of the molecule is CC(CO)OCC(C)OCCc1ccc(Nc2ccc(O)c3c2C(=O)c2ccccc2C3=O)cc1. The van der Waals surface area contributed by atoms with Gasteiger partial charge in [-0.05, 0) is 50.1 Å². The van der Waals surface area contributed by atoms with E-state index in [-0.39, 0.29) is 47.3 Å². The summed E-state index contributed by atoms with van der Waals surface area (Å²) < 4.78 is 11.2. The van der Waals surface area contributed by atoms with Crippen LogP contribution in [0.25, 0.3) is 0 Å². The highest BCUT2D eigenvalue weighted by Crippen LogP contribution is 2.38. The van der Waals surface area contributed by atoms with Gasteiger partial charge < -0.3 is 25.0 Å². The molecule has 3 N–H and O–H groups in total. The number of aromatic hydroxyl groups is 1. The van der Waals surface area contributed by atoms with Crippen LogP contribution in [0.15, 0.2) is 60.7 Å². The van der Waals surface area contributed by atoms with Gasteiger partial charge in [0.25, 0.3) is 0 Å². The van der Waals surface area contributed by atoms with E-state index in [1.54, 1.807) is 30.3 Å². The Morgan fingerprint density at radius 2 is 1.49 bits per heavy atom. The van der Waals surface area contributed by atoms with Crippen LogP contribution in [0.4, 0.5) is 11.4 Å². The number of hydrogen-bond donors (Lipinski definition) is 3. The molecule has 2 atom stereocenters. The van der Waals surface area contributed by atoms with Crippen LogP contribution in [-0.4, -0.2) is 53.8 Å². The maximum Gasteiger partial charge on any atom is 0.198 e. The summed E-state index contributed by atoms with van der Waals surface area (Å²) in [4.78, 5) is 26.2. The van der Waals surface area contributed by atoms with Crippen molar-refractivity contribution in [1.82, 2.24) is 0 Å². The molecule has 182 valence electrons. The molecule has 0 saturated carbocycles. The van der Waals surface area contributed by atoms with Gasteiger partial charge in [0.1, 0.15) is 5.75 Å². The Labute approximate surface area is 204 Å². The molecule has 4 rings (SSSR count). The van der Waals surface area contributed by atoms with Crippen LogP contribution in [0.1, 0.15) is 51.3 Å². The van der Waals surface area contributed by atoms with E-state index in [0.29, 0.717) is 30.0 Å². The molecule has 1 aliphatic carbocycles. The van der Waals surface area contributed by atoms with Crippen molar-refractivity contribution in [3.05, 3.63) is 88.5 Å². The molecule has 0 bridgehead atoms. The van der Waals surface area contributed by atoms with Crippen molar-refractivity contribution < 1.29 is 29.3 Å². The van der Waals surface area contributed by atoms with Gasteiger partial charge in [0, 0.05) is 16.8 Å². The Bertz CT molecular complexity index is 1220. The number of fused-ring (bicyclic) bond motifs is 2. The lowest BCUT2D eigenvalue weighted by atomic mass is 9.82. The number of hydrogen-bond acceptors (Lipinski definition) is 7. The number of carbonyl (C=O) groups is 2. The monoisotopic (exact) mass is 475 g/mol. The molecule has 1 aliphatic rings. The first-order chi connectivity index (χ1) is 16.9. The largest absolute Gasteiger partial charge is 0.507 e. The molecule has 7 heteroatoms. The van der Waals surface area contributed by atoms with E-state index < -0.39 is 0 Å². The van der Waals surface area contributed by atoms with Gasteiger partial charge in [-0.2, -0.15) is 0 Å². The van der Waals surface area contributed by atoms with Crippen molar-refractivity contribution in [2.24, 2.45) is 0 Å². The van der Waals surface area contributed by atoms with E-state index in [2.05, 4.69) is 5.32 Å². The molecule has 0 fully saturated rings. The summed E-state index contributed by atoms with van der Waals surface area (Å²) in [5.41, 5.74) is 3.14. The van der Waals surface area contributed by atoms with E-state index in [9.17, 15) is 14.7 Å². The lowest BCUT2D eigenvalue weighted by Crippen LogP contribution is -2.23. The second-order valence-corrected chi connectivity index (χ2v) is 8.67. The summed E-state index contributed by atoms with van der Waals surface area (Å²) >= 11 is 0. The number of rotatable bonds is 10. The summed E-state index contributed by atoms with van der Waals surface area (Å²) in [6.45, 7) is 4.68.